The van der Waals surface area contributed by atoms with Gasteiger partial charge >= 0.3 is 0 Å². The Hall–Kier alpha value is -3.48. The first-order valence-electron chi connectivity index (χ1n) is 7.47. The monoisotopic (exact) mass is 318 g/mol. The SMILES string of the molecule is O/N=C(/Cc1c[nH]c2ccccc12)c1nnnn1-c1ccccc1. The van der Waals surface area contributed by atoms with Crippen LogP contribution in [0.2, 0.25) is 0 Å². The minimum Gasteiger partial charge on any atom is -0.411 e. The number of aromatic amines is 1. The largest absolute Gasteiger partial charge is 0.411 e. The molecule has 0 saturated carbocycles. The van der Waals surface area contributed by atoms with Crippen LogP contribution in [-0.2, 0) is 6.42 Å². The van der Waals surface area contributed by atoms with Crippen LogP contribution in [-0.4, -0.2) is 36.1 Å². The molecule has 0 radical (unpaired) electrons. The van der Waals surface area contributed by atoms with Gasteiger partial charge in [-0.3, -0.25) is 0 Å². The molecule has 0 bridgehead atoms. The van der Waals surface area contributed by atoms with Crippen LogP contribution < -0.4 is 0 Å². The fraction of sp³-hybridized carbons (Fsp3) is 0.0588. The molecule has 0 aliphatic heterocycles. The highest BCUT2D eigenvalue weighted by Gasteiger charge is 2.17. The average molecular weight is 318 g/mol. The van der Waals surface area contributed by atoms with Crippen molar-refractivity contribution in [2.45, 2.75) is 6.42 Å². The van der Waals surface area contributed by atoms with Crippen molar-refractivity contribution in [2.75, 3.05) is 0 Å². The predicted molar refractivity (Wildman–Crippen MR) is 89.5 cm³/mol. The molecule has 2 N–H and O–H groups in total. The van der Waals surface area contributed by atoms with E-state index < -0.39 is 0 Å². The second kappa shape index (κ2) is 5.96. The average Bonchev–Trinajstić information content (AvgIpc) is 3.28. The minimum absolute atomic E-state index is 0.397. The van der Waals surface area contributed by atoms with E-state index in [0.717, 1.165) is 22.2 Å². The Morgan fingerprint density at radius 3 is 2.71 bits per heavy atom. The molecule has 0 spiro atoms. The molecule has 4 aromatic rings. The molecule has 0 atom stereocenters. The fourth-order valence-electron chi connectivity index (χ4n) is 2.73. The third-order valence-corrected chi connectivity index (χ3v) is 3.88. The Kier molecular flexibility index (Phi) is 3.51. The molecule has 0 fully saturated rings. The number of benzene rings is 2. The zero-order valence-electron chi connectivity index (χ0n) is 12.7. The number of para-hydroxylation sites is 2. The molecule has 0 saturated heterocycles. The maximum Gasteiger partial charge on any atom is 0.204 e. The molecule has 118 valence electrons. The van der Waals surface area contributed by atoms with Crippen molar-refractivity contribution in [2.24, 2.45) is 5.16 Å². The van der Waals surface area contributed by atoms with E-state index in [1.807, 2.05) is 60.8 Å². The summed E-state index contributed by atoms with van der Waals surface area (Å²) >= 11 is 0. The molecular formula is C17H14N6O. The van der Waals surface area contributed by atoms with Crippen LogP contribution >= 0.6 is 0 Å². The summed E-state index contributed by atoms with van der Waals surface area (Å²) in [6, 6.07) is 17.5. The van der Waals surface area contributed by atoms with Crippen LogP contribution in [0.5, 0.6) is 0 Å². The zero-order chi connectivity index (χ0) is 16.4. The van der Waals surface area contributed by atoms with E-state index in [0.29, 0.717) is 18.0 Å². The van der Waals surface area contributed by atoms with Crippen molar-refractivity contribution in [3.63, 3.8) is 0 Å². The van der Waals surface area contributed by atoms with Crippen molar-refractivity contribution >= 4 is 16.6 Å². The highest BCUT2D eigenvalue weighted by molar-refractivity contribution is 6.01. The molecule has 7 nitrogen and oxygen atoms in total. The molecule has 0 aliphatic rings. The summed E-state index contributed by atoms with van der Waals surface area (Å²) < 4.78 is 1.56. The number of nitrogens with zero attached hydrogens (tertiary/aromatic N) is 5. The molecule has 2 heterocycles. The van der Waals surface area contributed by atoms with E-state index in [4.69, 9.17) is 0 Å². The van der Waals surface area contributed by atoms with E-state index in [-0.39, 0.29) is 0 Å². The van der Waals surface area contributed by atoms with Crippen LogP contribution in [0.25, 0.3) is 16.6 Å². The van der Waals surface area contributed by atoms with Gasteiger partial charge in [0, 0.05) is 23.5 Å². The van der Waals surface area contributed by atoms with Crippen molar-refractivity contribution in [3.8, 4) is 5.69 Å². The number of rotatable bonds is 4. The summed E-state index contributed by atoms with van der Waals surface area (Å²) in [4.78, 5) is 3.21. The number of hydrogen-bond donors (Lipinski definition) is 2. The van der Waals surface area contributed by atoms with Crippen molar-refractivity contribution in [1.82, 2.24) is 25.2 Å². The molecule has 7 heteroatoms. The van der Waals surface area contributed by atoms with Crippen LogP contribution in [0.1, 0.15) is 11.4 Å². The molecule has 4 rings (SSSR count). The highest BCUT2D eigenvalue weighted by Crippen LogP contribution is 2.20. The van der Waals surface area contributed by atoms with Crippen LogP contribution in [0.15, 0.2) is 65.9 Å². The van der Waals surface area contributed by atoms with Crippen LogP contribution in [0.3, 0.4) is 0 Å². The second-order valence-electron chi connectivity index (χ2n) is 5.33. The first kappa shape index (κ1) is 14.1. The van der Waals surface area contributed by atoms with Crippen molar-refractivity contribution in [1.29, 1.82) is 0 Å². The summed E-state index contributed by atoms with van der Waals surface area (Å²) in [6.07, 6.45) is 2.32. The molecule has 2 aromatic carbocycles. The lowest BCUT2D eigenvalue weighted by atomic mass is 10.1. The molecule has 0 unspecified atom stereocenters. The summed E-state index contributed by atoms with van der Waals surface area (Å²) in [5.41, 5.74) is 3.25. The highest BCUT2D eigenvalue weighted by atomic mass is 16.4. The van der Waals surface area contributed by atoms with Gasteiger partial charge in [0.05, 0.1) is 5.69 Å². The van der Waals surface area contributed by atoms with E-state index >= 15 is 0 Å². The van der Waals surface area contributed by atoms with Gasteiger partial charge in [-0.15, -0.1) is 5.10 Å². The number of oxime groups is 1. The third-order valence-electron chi connectivity index (χ3n) is 3.88. The molecular weight excluding hydrogens is 304 g/mol. The quantitative estimate of drug-likeness (QED) is 0.344. The number of aromatic nitrogens is 5. The van der Waals surface area contributed by atoms with Gasteiger partial charge in [0.15, 0.2) is 0 Å². The Labute approximate surface area is 137 Å². The maximum atomic E-state index is 9.51. The van der Waals surface area contributed by atoms with Gasteiger partial charge in [0.25, 0.3) is 0 Å². The molecule has 0 aliphatic carbocycles. The van der Waals surface area contributed by atoms with Gasteiger partial charge in [-0.25, -0.2) is 0 Å². The summed E-state index contributed by atoms with van der Waals surface area (Å²) in [7, 11) is 0. The van der Waals surface area contributed by atoms with Crippen LogP contribution in [0, 0.1) is 0 Å². The standard InChI is InChI=1S/C17H14N6O/c24-20-16(10-12-11-18-15-9-5-4-8-14(12)15)17-19-21-22-23(17)13-6-2-1-3-7-13/h1-9,11,18,24H,10H2/b20-16-. The normalized spacial score (nSPS) is 11.9. The maximum absolute atomic E-state index is 9.51. The number of H-pyrrole nitrogens is 1. The van der Waals surface area contributed by atoms with Gasteiger partial charge in [-0.05, 0) is 34.2 Å². The van der Waals surface area contributed by atoms with Crippen molar-refractivity contribution in [3.05, 3.63) is 72.2 Å². The first-order chi connectivity index (χ1) is 11.9. The second-order valence-corrected chi connectivity index (χ2v) is 5.33. The molecule has 0 amide bonds. The van der Waals surface area contributed by atoms with Gasteiger partial charge < -0.3 is 10.2 Å². The summed E-state index contributed by atoms with van der Waals surface area (Å²) in [5, 5.41) is 25.8. The molecule has 24 heavy (non-hydrogen) atoms. The zero-order valence-corrected chi connectivity index (χ0v) is 12.7. The summed E-state index contributed by atoms with van der Waals surface area (Å²) in [6.45, 7) is 0. The lowest BCUT2D eigenvalue weighted by molar-refractivity contribution is 0.318. The van der Waals surface area contributed by atoms with Gasteiger partial charge in [-0.1, -0.05) is 41.6 Å². The van der Waals surface area contributed by atoms with E-state index in [2.05, 4.69) is 25.7 Å². The smallest absolute Gasteiger partial charge is 0.204 e. The van der Waals surface area contributed by atoms with E-state index in [1.54, 1.807) is 4.68 Å². The Balaban J connectivity index is 1.72. The van der Waals surface area contributed by atoms with Crippen LogP contribution in [0.4, 0.5) is 0 Å². The number of nitrogens with one attached hydrogen (secondary N) is 1. The number of fused-ring (bicyclic) bond motifs is 1. The lowest BCUT2D eigenvalue weighted by Gasteiger charge is -2.05. The Bertz CT molecular complexity index is 1000. The first-order valence-corrected chi connectivity index (χ1v) is 7.47. The van der Waals surface area contributed by atoms with Gasteiger partial charge in [0.1, 0.15) is 5.71 Å². The molecule has 2 aromatic heterocycles. The summed E-state index contributed by atoms with van der Waals surface area (Å²) in [5.74, 6) is 0.411. The number of hydrogen-bond acceptors (Lipinski definition) is 5. The lowest BCUT2D eigenvalue weighted by Crippen LogP contribution is -2.13. The van der Waals surface area contributed by atoms with E-state index in [1.165, 1.54) is 0 Å². The Morgan fingerprint density at radius 2 is 1.88 bits per heavy atom. The topological polar surface area (TPSA) is 92.0 Å². The minimum atomic E-state index is 0.397. The van der Waals surface area contributed by atoms with Crippen molar-refractivity contribution < 1.29 is 5.21 Å². The van der Waals surface area contributed by atoms with Gasteiger partial charge in [-0.2, -0.15) is 4.68 Å². The Morgan fingerprint density at radius 1 is 1.08 bits per heavy atom. The fourth-order valence-corrected chi connectivity index (χ4v) is 2.73. The van der Waals surface area contributed by atoms with Gasteiger partial charge in [0.2, 0.25) is 5.82 Å². The predicted octanol–water partition coefficient (Wildman–Crippen LogP) is 2.56. The third kappa shape index (κ3) is 2.41. The number of tetrazole rings is 1. The van der Waals surface area contributed by atoms with E-state index in [9.17, 15) is 5.21 Å².